The lowest BCUT2D eigenvalue weighted by molar-refractivity contribution is -0.157. The lowest BCUT2D eigenvalue weighted by Gasteiger charge is -2.12. The fourth-order valence-corrected chi connectivity index (χ4v) is 3.05. The van der Waals surface area contributed by atoms with Crippen LogP contribution < -0.4 is 0 Å². The lowest BCUT2D eigenvalue weighted by Crippen LogP contribution is -2.27. The molecule has 0 aromatic carbocycles. The summed E-state index contributed by atoms with van der Waals surface area (Å²) in [5.74, 6) is -5.62. The van der Waals surface area contributed by atoms with E-state index in [2.05, 4.69) is 28.4 Å². The Labute approximate surface area is 262 Å². The minimum Gasteiger partial charge on any atom is -0.468 e. The summed E-state index contributed by atoms with van der Waals surface area (Å²) >= 11 is 0. The Morgan fingerprint density at radius 2 is 1.00 bits per heavy atom. The summed E-state index contributed by atoms with van der Waals surface area (Å²) in [5, 5.41) is 0. The van der Waals surface area contributed by atoms with Gasteiger partial charge in [-0.2, -0.15) is 0 Å². The molecule has 0 spiro atoms. The number of carbonyl (C=O) groups is 8. The molecule has 0 N–H and O–H groups in total. The molecule has 0 fully saturated rings. The quantitative estimate of drug-likeness (QED) is 0.0564. The Morgan fingerprint density at radius 3 is 1.29 bits per heavy atom. The maximum Gasteiger partial charge on any atom is 0.345 e. The van der Waals surface area contributed by atoms with E-state index in [1.165, 1.54) is 28.1 Å². The fraction of sp³-hybridized carbons (Fsp3) is 0.467. The molecule has 0 atom stereocenters. The van der Waals surface area contributed by atoms with E-state index in [0.29, 0.717) is 29.3 Å². The van der Waals surface area contributed by atoms with Gasteiger partial charge in [-0.05, 0) is 56.1 Å². The number of allylic oxidation sites excluding steroid dienone is 4. The number of carbonyl (C=O) groups excluding carboxylic acids is 8. The highest BCUT2D eigenvalue weighted by molar-refractivity contribution is 6.15. The second-order valence-corrected chi connectivity index (χ2v) is 8.79. The van der Waals surface area contributed by atoms with Crippen LogP contribution in [-0.2, 0) is 66.8 Å². The average molecular weight is 642 g/mol. The van der Waals surface area contributed by atoms with Crippen LogP contribution >= 0.6 is 0 Å². The molecular formula is C30H43NO14. The van der Waals surface area contributed by atoms with Gasteiger partial charge < -0.3 is 38.1 Å². The summed E-state index contributed by atoms with van der Waals surface area (Å²) in [4.78, 5) is 89.8. The van der Waals surface area contributed by atoms with Crippen LogP contribution in [0.5, 0.6) is 0 Å². The number of esters is 6. The maximum atomic E-state index is 11.5. The van der Waals surface area contributed by atoms with Crippen molar-refractivity contribution in [2.24, 2.45) is 5.92 Å². The molecule has 15 nitrogen and oxygen atoms in total. The van der Waals surface area contributed by atoms with Crippen LogP contribution in [0.4, 0.5) is 0 Å². The largest absolute Gasteiger partial charge is 0.468 e. The molecule has 252 valence electrons. The van der Waals surface area contributed by atoms with Gasteiger partial charge in [-0.1, -0.05) is 0 Å². The lowest BCUT2D eigenvalue weighted by atomic mass is 10.0. The number of hydrogen-bond donors (Lipinski definition) is 0. The fourth-order valence-electron chi connectivity index (χ4n) is 3.05. The molecule has 0 bridgehead atoms. The van der Waals surface area contributed by atoms with Crippen LogP contribution in [0.3, 0.4) is 0 Å². The third kappa shape index (κ3) is 16.4. The first-order valence-corrected chi connectivity index (χ1v) is 12.8. The van der Waals surface area contributed by atoms with Gasteiger partial charge in [0.2, 0.25) is 0 Å². The van der Waals surface area contributed by atoms with Crippen LogP contribution in [0.25, 0.3) is 0 Å². The molecule has 0 aliphatic rings. The molecule has 0 saturated heterocycles. The molecular weight excluding hydrogens is 598 g/mol. The van der Waals surface area contributed by atoms with E-state index in [1.54, 1.807) is 20.0 Å². The molecule has 0 aliphatic carbocycles. The predicted octanol–water partition coefficient (Wildman–Crippen LogP) is 1.45. The SMILES string of the molecule is COC(=O)C(C(=O)OC)=C(C)/C(C)=C/N(C)C.COC(=O)C(C(=O)OC)=C(C)CC=O.COC(=O)C(C(=O)OC)C(C)=CC=O. The third-order valence-electron chi connectivity index (χ3n) is 5.45. The Bertz CT molecular complexity index is 1150. The predicted molar refractivity (Wildman–Crippen MR) is 159 cm³/mol. The Kier molecular flexibility index (Phi) is 24.0. The Hall–Kier alpha value is -5.08. The molecule has 0 radical (unpaired) electrons. The summed E-state index contributed by atoms with van der Waals surface area (Å²) in [6.07, 6.45) is 4.02. The smallest absolute Gasteiger partial charge is 0.345 e. The van der Waals surface area contributed by atoms with Crippen molar-refractivity contribution in [1.82, 2.24) is 4.90 Å². The van der Waals surface area contributed by atoms with Crippen molar-refractivity contribution < 1.29 is 66.8 Å². The van der Waals surface area contributed by atoms with Gasteiger partial charge in [0, 0.05) is 26.7 Å². The average Bonchev–Trinajstić information content (AvgIpc) is 3.00. The van der Waals surface area contributed by atoms with Crippen molar-refractivity contribution >= 4 is 48.4 Å². The number of nitrogens with zero attached hydrogens (tertiary/aromatic N) is 1. The van der Waals surface area contributed by atoms with Crippen LogP contribution in [0.1, 0.15) is 34.1 Å². The first-order valence-electron chi connectivity index (χ1n) is 12.8. The van der Waals surface area contributed by atoms with E-state index < -0.39 is 41.7 Å². The van der Waals surface area contributed by atoms with Gasteiger partial charge >= 0.3 is 35.8 Å². The molecule has 0 rings (SSSR count). The number of ether oxygens (including phenoxy) is 6. The molecule has 0 aromatic rings. The van der Waals surface area contributed by atoms with Crippen molar-refractivity contribution in [1.29, 1.82) is 0 Å². The number of aldehydes is 2. The highest BCUT2D eigenvalue weighted by atomic mass is 16.6. The van der Waals surface area contributed by atoms with Crippen LogP contribution in [0, 0.1) is 5.92 Å². The van der Waals surface area contributed by atoms with Crippen LogP contribution in [-0.4, -0.2) is 110 Å². The normalized spacial score (nSPS) is 10.2. The highest BCUT2D eigenvalue weighted by Gasteiger charge is 2.30. The number of methoxy groups -OCH3 is 6. The molecule has 0 unspecified atom stereocenters. The molecule has 45 heavy (non-hydrogen) atoms. The molecule has 0 saturated carbocycles. The summed E-state index contributed by atoms with van der Waals surface area (Å²) in [6.45, 7) is 6.46. The minimum absolute atomic E-state index is 0.000463. The number of hydrogen-bond acceptors (Lipinski definition) is 15. The summed E-state index contributed by atoms with van der Waals surface area (Å²) in [5.41, 5.74) is 1.66. The first-order chi connectivity index (χ1) is 21.0. The standard InChI is InChI=1S/C12H19NO4.2C9H12O5/c1-8(7-13(3)4)9(2)10(11(14)16-5)12(15)17-6;2*1-6(4-5-10)7(8(11)13-2)9(12)14-3/h7H,1-6H3;5H,4H2,1-3H3;4-5,7H,1-3H3/b8-7+;;. The van der Waals surface area contributed by atoms with Crippen molar-refractivity contribution in [3.05, 3.63) is 45.7 Å². The van der Waals surface area contributed by atoms with Crippen molar-refractivity contribution in [2.75, 3.05) is 56.8 Å². The second-order valence-electron chi connectivity index (χ2n) is 8.79. The number of rotatable bonds is 12. The second kappa shape index (κ2) is 24.4. The molecule has 15 heteroatoms. The summed E-state index contributed by atoms with van der Waals surface area (Å²) < 4.78 is 26.7. The minimum atomic E-state index is -1.16. The maximum absolute atomic E-state index is 11.5. The molecule has 0 heterocycles. The van der Waals surface area contributed by atoms with Crippen molar-refractivity contribution in [3.8, 4) is 0 Å². The van der Waals surface area contributed by atoms with E-state index >= 15 is 0 Å². The van der Waals surface area contributed by atoms with Crippen molar-refractivity contribution in [2.45, 2.75) is 34.1 Å². The van der Waals surface area contributed by atoms with Gasteiger partial charge in [0.15, 0.2) is 5.92 Å². The van der Waals surface area contributed by atoms with Crippen molar-refractivity contribution in [3.63, 3.8) is 0 Å². The van der Waals surface area contributed by atoms with Gasteiger partial charge in [0.05, 0.1) is 42.7 Å². The Balaban J connectivity index is -0.000000592. The Morgan fingerprint density at radius 1 is 0.622 bits per heavy atom. The van der Waals surface area contributed by atoms with Crippen LogP contribution in [0.15, 0.2) is 45.7 Å². The van der Waals surface area contributed by atoms with Gasteiger partial charge in [-0.15, -0.1) is 0 Å². The van der Waals surface area contributed by atoms with E-state index in [9.17, 15) is 38.4 Å². The monoisotopic (exact) mass is 641 g/mol. The zero-order valence-electron chi connectivity index (χ0n) is 27.8. The van der Waals surface area contributed by atoms with Crippen LogP contribution in [0.2, 0.25) is 0 Å². The van der Waals surface area contributed by atoms with Gasteiger partial charge in [-0.25, -0.2) is 19.2 Å². The van der Waals surface area contributed by atoms with E-state index in [4.69, 9.17) is 0 Å². The van der Waals surface area contributed by atoms with Gasteiger partial charge in [-0.3, -0.25) is 14.4 Å². The van der Waals surface area contributed by atoms with E-state index in [1.807, 2.05) is 19.0 Å². The molecule has 0 aromatic heterocycles. The summed E-state index contributed by atoms with van der Waals surface area (Å²) in [6, 6.07) is 0. The van der Waals surface area contributed by atoms with E-state index in [0.717, 1.165) is 40.1 Å². The molecule has 0 aliphatic heterocycles. The highest BCUT2D eigenvalue weighted by Crippen LogP contribution is 2.17. The zero-order valence-corrected chi connectivity index (χ0v) is 27.8. The summed E-state index contributed by atoms with van der Waals surface area (Å²) in [7, 11) is 10.8. The molecule has 0 amide bonds. The van der Waals surface area contributed by atoms with Gasteiger partial charge in [0.25, 0.3) is 0 Å². The zero-order chi connectivity index (χ0) is 35.9. The first kappa shape index (κ1) is 44.4. The topological polar surface area (TPSA) is 195 Å². The van der Waals surface area contributed by atoms with Gasteiger partial charge in [0.1, 0.15) is 23.7 Å². The van der Waals surface area contributed by atoms with E-state index in [-0.39, 0.29) is 17.6 Å². The third-order valence-corrected chi connectivity index (χ3v) is 5.45.